The van der Waals surface area contributed by atoms with Crippen molar-refractivity contribution in [3.8, 4) is 5.75 Å². The number of rotatable bonds is 5. The molecule has 1 saturated heterocycles. The van der Waals surface area contributed by atoms with Gasteiger partial charge in [-0.1, -0.05) is 18.2 Å². The molecule has 2 aromatic rings. The number of hydrogen-bond donors (Lipinski definition) is 1. The molecule has 2 atom stereocenters. The SMILES string of the molecule is COc1ccc([C@](C)(O)[C@H]2CCCN2S(=O)(=O)c2ccc3c(c2)N(C(C)=O)CC3)cc1. The van der Waals surface area contributed by atoms with Crippen LogP contribution in [0.2, 0.25) is 0 Å². The van der Waals surface area contributed by atoms with E-state index in [1.54, 1.807) is 61.4 Å². The van der Waals surface area contributed by atoms with E-state index >= 15 is 0 Å². The van der Waals surface area contributed by atoms with E-state index in [-0.39, 0.29) is 10.8 Å². The predicted octanol–water partition coefficient (Wildman–Crippen LogP) is 2.67. The van der Waals surface area contributed by atoms with Crippen LogP contribution in [0, 0.1) is 0 Å². The van der Waals surface area contributed by atoms with Crippen molar-refractivity contribution in [2.75, 3.05) is 25.1 Å². The zero-order valence-corrected chi connectivity index (χ0v) is 18.9. The number of aliphatic hydroxyl groups is 1. The van der Waals surface area contributed by atoms with Crippen molar-refractivity contribution in [2.45, 2.75) is 49.6 Å². The van der Waals surface area contributed by atoms with Gasteiger partial charge in [0.2, 0.25) is 15.9 Å². The first-order valence-corrected chi connectivity index (χ1v) is 11.9. The molecule has 0 radical (unpaired) electrons. The monoisotopic (exact) mass is 444 g/mol. The number of fused-ring (bicyclic) bond motifs is 1. The van der Waals surface area contributed by atoms with Crippen LogP contribution in [0.25, 0.3) is 0 Å². The molecular weight excluding hydrogens is 416 g/mol. The molecule has 2 aromatic carbocycles. The van der Waals surface area contributed by atoms with Crippen LogP contribution in [0.5, 0.6) is 5.75 Å². The second-order valence-corrected chi connectivity index (χ2v) is 10.3. The summed E-state index contributed by atoms with van der Waals surface area (Å²) < 4.78 is 33.8. The van der Waals surface area contributed by atoms with Crippen LogP contribution in [-0.4, -0.2) is 50.0 Å². The number of methoxy groups -OCH3 is 1. The minimum Gasteiger partial charge on any atom is -0.497 e. The first kappa shape index (κ1) is 21.8. The quantitative estimate of drug-likeness (QED) is 0.766. The Morgan fingerprint density at radius 2 is 1.87 bits per heavy atom. The Balaban J connectivity index is 1.68. The van der Waals surface area contributed by atoms with Crippen molar-refractivity contribution in [3.05, 3.63) is 53.6 Å². The highest BCUT2D eigenvalue weighted by Gasteiger charge is 2.46. The van der Waals surface area contributed by atoms with Gasteiger partial charge < -0.3 is 14.7 Å². The summed E-state index contributed by atoms with van der Waals surface area (Å²) in [6.45, 7) is 4.05. The number of carbonyl (C=O) groups excluding carboxylic acids is 1. The fourth-order valence-corrected chi connectivity index (χ4v) is 6.48. The number of hydrogen-bond acceptors (Lipinski definition) is 5. The van der Waals surface area contributed by atoms with Gasteiger partial charge in [-0.2, -0.15) is 4.31 Å². The normalized spacial score (nSPS) is 21.0. The topological polar surface area (TPSA) is 87.2 Å². The van der Waals surface area contributed by atoms with Crippen LogP contribution >= 0.6 is 0 Å². The summed E-state index contributed by atoms with van der Waals surface area (Å²) in [5.41, 5.74) is 0.901. The molecule has 4 rings (SSSR count). The fraction of sp³-hybridized carbons (Fsp3) is 0.435. The Morgan fingerprint density at radius 1 is 1.16 bits per heavy atom. The average molecular weight is 445 g/mol. The molecule has 0 unspecified atom stereocenters. The van der Waals surface area contributed by atoms with E-state index in [1.807, 2.05) is 0 Å². The van der Waals surface area contributed by atoms with Crippen LogP contribution < -0.4 is 9.64 Å². The third-order valence-electron chi connectivity index (χ3n) is 6.47. The van der Waals surface area contributed by atoms with E-state index in [4.69, 9.17) is 4.74 Å². The molecule has 8 heteroatoms. The van der Waals surface area contributed by atoms with Gasteiger partial charge in [0.05, 0.1) is 18.0 Å². The average Bonchev–Trinajstić information content (AvgIpc) is 3.41. The maximum absolute atomic E-state index is 13.6. The molecule has 1 amide bonds. The molecule has 0 saturated carbocycles. The first-order chi connectivity index (χ1) is 14.7. The van der Waals surface area contributed by atoms with Crippen molar-refractivity contribution in [1.82, 2.24) is 4.31 Å². The van der Waals surface area contributed by atoms with Gasteiger partial charge in [-0.25, -0.2) is 8.42 Å². The van der Waals surface area contributed by atoms with Crippen molar-refractivity contribution in [1.29, 1.82) is 0 Å². The van der Waals surface area contributed by atoms with Gasteiger partial charge in [0, 0.05) is 25.7 Å². The number of anilines is 1. The maximum Gasteiger partial charge on any atom is 0.243 e. The molecule has 2 aliphatic rings. The van der Waals surface area contributed by atoms with Crippen LogP contribution in [0.1, 0.15) is 37.8 Å². The molecule has 31 heavy (non-hydrogen) atoms. The zero-order valence-electron chi connectivity index (χ0n) is 18.0. The summed E-state index contributed by atoms with van der Waals surface area (Å²) in [7, 11) is -2.28. The third-order valence-corrected chi connectivity index (χ3v) is 8.37. The molecule has 1 fully saturated rings. The lowest BCUT2D eigenvalue weighted by atomic mass is 9.87. The lowest BCUT2D eigenvalue weighted by Gasteiger charge is -2.36. The smallest absolute Gasteiger partial charge is 0.243 e. The first-order valence-electron chi connectivity index (χ1n) is 10.5. The summed E-state index contributed by atoms with van der Waals surface area (Å²) in [6.07, 6.45) is 1.94. The highest BCUT2D eigenvalue weighted by molar-refractivity contribution is 7.89. The number of benzene rings is 2. The van der Waals surface area contributed by atoms with E-state index in [2.05, 4.69) is 0 Å². The molecule has 0 spiro atoms. The predicted molar refractivity (Wildman–Crippen MR) is 118 cm³/mol. The van der Waals surface area contributed by atoms with Crippen LogP contribution in [0.15, 0.2) is 47.4 Å². The fourth-order valence-electron chi connectivity index (χ4n) is 4.69. The maximum atomic E-state index is 13.6. The van der Waals surface area contributed by atoms with Crippen molar-refractivity contribution >= 4 is 21.6 Å². The second kappa shape index (κ2) is 7.93. The van der Waals surface area contributed by atoms with E-state index in [0.29, 0.717) is 49.4 Å². The zero-order chi connectivity index (χ0) is 22.4. The van der Waals surface area contributed by atoms with Crippen LogP contribution in [0.3, 0.4) is 0 Å². The largest absolute Gasteiger partial charge is 0.497 e. The van der Waals surface area contributed by atoms with Gasteiger partial charge in [0.15, 0.2) is 0 Å². The number of ether oxygens (including phenoxy) is 1. The summed E-state index contributed by atoms with van der Waals surface area (Å²) in [5, 5.41) is 11.4. The van der Waals surface area contributed by atoms with E-state index < -0.39 is 21.7 Å². The molecular formula is C23H28N2O5S. The Hall–Kier alpha value is -2.42. The van der Waals surface area contributed by atoms with E-state index in [1.165, 1.54) is 11.2 Å². The lowest BCUT2D eigenvalue weighted by molar-refractivity contribution is -0.116. The molecule has 1 N–H and O–H groups in total. The minimum absolute atomic E-state index is 0.102. The van der Waals surface area contributed by atoms with Gasteiger partial charge in [0.25, 0.3) is 0 Å². The molecule has 0 aromatic heterocycles. The molecule has 2 heterocycles. The van der Waals surface area contributed by atoms with E-state index in [0.717, 1.165) is 5.56 Å². The molecule has 0 bridgehead atoms. The van der Waals surface area contributed by atoms with E-state index in [9.17, 15) is 18.3 Å². The van der Waals surface area contributed by atoms with Crippen molar-refractivity contribution in [2.24, 2.45) is 0 Å². The number of nitrogens with zero attached hydrogens (tertiary/aromatic N) is 2. The van der Waals surface area contributed by atoms with Gasteiger partial charge in [-0.3, -0.25) is 4.79 Å². The van der Waals surface area contributed by atoms with Crippen LogP contribution in [0.4, 0.5) is 5.69 Å². The number of carbonyl (C=O) groups is 1. The highest BCUT2D eigenvalue weighted by atomic mass is 32.2. The molecule has 7 nitrogen and oxygen atoms in total. The van der Waals surface area contributed by atoms with Crippen LogP contribution in [-0.2, 0) is 26.8 Å². The standard InChI is InChI=1S/C23H28N2O5S/c1-16(26)24-14-12-17-6-11-20(15-21(17)24)31(28,29)25-13-4-5-22(25)23(2,27)18-7-9-19(30-3)10-8-18/h6-11,15,22,27H,4-5,12-14H2,1-3H3/t22-,23+/m1/s1. The highest BCUT2D eigenvalue weighted by Crippen LogP contribution is 2.39. The Kier molecular flexibility index (Phi) is 5.57. The second-order valence-electron chi connectivity index (χ2n) is 8.36. The van der Waals surface area contributed by atoms with Crippen molar-refractivity contribution in [3.63, 3.8) is 0 Å². The molecule has 2 aliphatic heterocycles. The van der Waals surface area contributed by atoms with Gasteiger partial charge in [-0.15, -0.1) is 0 Å². The van der Waals surface area contributed by atoms with Gasteiger partial charge in [0.1, 0.15) is 11.4 Å². The van der Waals surface area contributed by atoms with Gasteiger partial charge in [-0.05, 0) is 61.6 Å². The lowest BCUT2D eigenvalue weighted by Crippen LogP contribution is -2.48. The Bertz CT molecular complexity index is 1100. The summed E-state index contributed by atoms with van der Waals surface area (Å²) in [6, 6.07) is 11.4. The third kappa shape index (κ3) is 3.73. The minimum atomic E-state index is -3.85. The summed E-state index contributed by atoms with van der Waals surface area (Å²) >= 11 is 0. The number of amides is 1. The Labute approximate surface area is 183 Å². The Morgan fingerprint density at radius 3 is 2.52 bits per heavy atom. The summed E-state index contributed by atoms with van der Waals surface area (Å²) in [5.74, 6) is 0.568. The molecule has 166 valence electrons. The summed E-state index contributed by atoms with van der Waals surface area (Å²) in [4.78, 5) is 13.7. The molecule has 0 aliphatic carbocycles. The number of sulfonamides is 1. The van der Waals surface area contributed by atoms with Crippen molar-refractivity contribution < 1.29 is 23.1 Å². The van der Waals surface area contributed by atoms with Gasteiger partial charge >= 0.3 is 0 Å².